The van der Waals surface area contributed by atoms with E-state index in [1.807, 2.05) is 48.5 Å². The van der Waals surface area contributed by atoms with E-state index in [1.54, 1.807) is 36.5 Å². The third-order valence-corrected chi connectivity index (χ3v) is 6.40. The number of amides is 1. The molecule has 2 aromatic carbocycles. The van der Waals surface area contributed by atoms with E-state index in [2.05, 4.69) is 4.98 Å². The predicted molar refractivity (Wildman–Crippen MR) is 133 cm³/mol. The van der Waals surface area contributed by atoms with E-state index in [0.29, 0.717) is 27.2 Å². The number of rotatable bonds is 5. The molecule has 4 aromatic rings. The Balaban J connectivity index is 1.56. The Morgan fingerprint density at radius 2 is 1.64 bits per heavy atom. The molecule has 1 aliphatic rings. The Labute approximate surface area is 199 Å². The molecule has 0 saturated carbocycles. The number of thioether (sulfide) groups is 1. The summed E-state index contributed by atoms with van der Waals surface area (Å²) in [5.74, 6) is 0.416. The summed E-state index contributed by atoms with van der Waals surface area (Å²) in [6.07, 6.45) is 3.16. The van der Waals surface area contributed by atoms with E-state index < -0.39 is 0 Å². The third-order valence-electron chi connectivity index (χ3n) is 5.02. The Morgan fingerprint density at radius 1 is 0.939 bits per heavy atom. The highest BCUT2D eigenvalue weighted by molar-refractivity contribution is 8.26. The van der Waals surface area contributed by atoms with Gasteiger partial charge in [0, 0.05) is 6.20 Å². The van der Waals surface area contributed by atoms with Crippen LogP contribution >= 0.6 is 24.0 Å². The Bertz CT molecular complexity index is 1450. The number of benzene rings is 2. The topological polar surface area (TPSA) is 63.9 Å². The first kappa shape index (κ1) is 21.1. The van der Waals surface area contributed by atoms with Gasteiger partial charge in [0.05, 0.1) is 11.4 Å². The molecule has 0 aliphatic carbocycles. The Hall–Kier alpha value is -3.75. The number of ether oxygens (including phenoxy) is 1. The summed E-state index contributed by atoms with van der Waals surface area (Å²) in [5, 5.41) is 0. The van der Waals surface area contributed by atoms with Crippen LogP contribution in [0.4, 0.5) is 0 Å². The molecular formula is C25H17N3O3S2. The van der Waals surface area contributed by atoms with Gasteiger partial charge >= 0.3 is 0 Å². The van der Waals surface area contributed by atoms with Crippen LogP contribution in [0.3, 0.4) is 0 Å². The van der Waals surface area contributed by atoms with Crippen LogP contribution in [-0.4, -0.2) is 24.5 Å². The average molecular weight is 472 g/mol. The summed E-state index contributed by atoms with van der Waals surface area (Å²) in [6, 6.07) is 24.0. The zero-order chi connectivity index (χ0) is 22.8. The summed E-state index contributed by atoms with van der Waals surface area (Å²) in [7, 11) is 0. The molecule has 0 atom stereocenters. The quantitative estimate of drug-likeness (QED) is 0.305. The van der Waals surface area contributed by atoms with Gasteiger partial charge in [-0.05, 0) is 35.9 Å². The van der Waals surface area contributed by atoms with Gasteiger partial charge in [-0.25, -0.2) is 0 Å². The lowest BCUT2D eigenvalue weighted by Gasteiger charge is -2.14. The lowest BCUT2D eigenvalue weighted by atomic mass is 10.2. The van der Waals surface area contributed by atoms with Crippen molar-refractivity contribution in [2.24, 2.45) is 0 Å². The number of aromatic nitrogens is 2. The minimum atomic E-state index is -0.333. The average Bonchev–Trinajstić information content (AvgIpc) is 3.10. The molecule has 0 radical (unpaired) electrons. The van der Waals surface area contributed by atoms with Crippen molar-refractivity contribution in [2.45, 2.75) is 6.54 Å². The molecule has 5 rings (SSSR count). The monoisotopic (exact) mass is 471 g/mol. The van der Waals surface area contributed by atoms with Crippen molar-refractivity contribution in [3.05, 3.63) is 111 Å². The van der Waals surface area contributed by atoms with Gasteiger partial charge in [-0.2, -0.15) is 4.98 Å². The SMILES string of the molecule is O=C1C(=Cc2c(Oc3ccccc3)nc3ccccn3c2=O)SC(=S)N1Cc1ccccc1. The number of thiocarbonyl (C=S) groups is 1. The van der Waals surface area contributed by atoms with Crippen molar-refractivity contribution >= 4 is 45.9 Å². The second kappa shape index (κ2) is 9.01. The van der Waals surface area contributed by atoms with Gasteiger partial charge < -0.3 is 4.74 Å². The number of nitrogens with zero attached hydrogens (tertiary/aromatic N) is 3. The molecule has 0 spiro atoms. The van der Waals surface area contributed by atoms with Crippen molar-refractivity contribution < 1.29 is 9.53 Å². The first-order valence-electron chi connectivity index (χ1n) is 10.1. The fourth-order valence-electron chi connectivity index (χ4n) is 3.42. The number of carbonyl (C=O) groups excluding carboxylic acids is 1. The van der Waals surface area contributed by atoms with Crippen molar-refractivity contribution in [3.63, 3.8) is 0 Å². The largest absolute Gasteiger partial charge is 0.438 e. The first-order chi connectivity index (χ1) is 16.1. The van der Waals surface area contributed by atoms with E-state index in [9.17, 15) is 9.59 Å². The van der Waals surface area contributed by atoms with Crippen molar-refractivity contribution in [3.8, 4) is 11.6 Å². The zero-order valence-electron chi connectivity index (χ0n) is 17.3. The van der Waals surface area contributed by atoms with Crippen LogP contribution in [0, 0.1) is 0 Å². The maximum absolute atomic E-state index is 13.3. The van der Waals surface area contributed by atoms with E-state index in [4.69, 9.17) is 17.0 Å². The fourth-order valence-corrected chi connectivity index (χ4v) is 4.65. The molecule has 1 aliphatic heterocycles. The smallest absolute Gasteiger partial charge is 0.269 e. The highest BCUT2D eigenvalue weighted by Gasteiger charge is 2.32. The number of hydrogen-bond acceptors (Lipinski definition) is 6. The van der Waals surface area contributed by atoms with E-state index in [0.717, 1.165) is 17.3 Å². The normalized spacial score (nSPS) is 14.9. The summed E-state index contributed by atoms with van der Waals surface area (Å²) >= 11 is 6.62. The molecule has 0 unspecified atom stereocenters. The van der Waals surface area contributed by atoms with Crippen LogP contribution in [0.5, 0.6) is 11.6 Å². The van der Waals surface area contributed by atoms with Gasteiger partial charge in [0.25, 0.3) is 11.5 Å². The van der Waals surface area contributed by atoms with Gasteiger partial charge in [-0.1, -0.05) is 78.6 Å². The summed E-state index contributed by atoms with van der Waals surface area (Å²) in [6.45, 7) is 0.366. The van der Waals surface area contributed by atoms with Gasteiger partial charge in [0.1, 0.15) is 21.3 Å². The summed E-state index contributed by atoms with van der Waals surface area (Å²) in [4.78, 5) is 32.9. The van der Waals surface area contributed by atoms with Gasteiger partial charge in [-0.3, -0.25) is 18.9 Å². The fraction of sp³-hybridized carbons (Fsp3) is 0.0400. The van der Waals surface area contributed by atoms with Gasteiger partial charge in [0.15, 0.2) is 0 Å². The van der Waals surface area contributed by atoms with Crippen molar-refractivity contribution in [1.29, 1.82) is 0 Å². The number of para-hydroxylation sites is 1. The standard InChI is InChI=1S/C25H17N3O3S2/c29-23-19(15-20-24(30)28(25(32)33-20)16-17-9-3-1-4-10-17)22(31-18-11-5-2-6-12-18)26-21-13-7-8-14-27(21)23/h1-15H,16H2. The number of pyridine rings is 1. The number of hydrogen-bond donors (Lipinski definition) is 0. The lowest BCUT2D eigenvalue weighted by molar-refractivity contribution is -0.122. The minimum absolute atomic E-state index is 0.130. The maximum atomic E-state index is 13.3. The molecule has 0 bridgehead atoms. The molecule has 1 fully saturated rings. The van der Waals surface area contributed by atoms with Crippen LogP contribution in [0.1, 0.15) is 11.1 Å². The molecular weight excluding hydrogens is 454 g/mol. The van der Waals surface area contributed by atoms with E-state index >= 15 is 0 Å². The molecule has 33 heavy (non-hydrogen) atoms. The van der Waals surface area contributed by atoms with Crippen LogP contribution in [-0.2, 0) is 11.3 Å². The molecule has 2 aromatic heterocycles. The van der Waals surface area contributed by atoms with Crippen LogP contribution in [0.15, 0.2) is 94.8 Å². The highest BCUT2D eigenvalue weighted by atomic mass is 32.2. The van der Waals surface area contributed by atoms with Gasteiger partial charge in [-0.15, -0.1) is 0 Å². The lowest BCUT2D eigenvalue weighted by Crippen LogP contribution is -2.27. The highest BCUT2D eigenvalue weighted by Crippen LogP contribution is 2.35. The van der Waals surface area contributed by atoms with Gasteiger partial charge in [0.2, 0.25) is 5.88 Å². The summed E-state index contributed by atoms with van der Waals surface area (Å²) in [5.41, 5.74) is 1.26. The second-order valence-electron chi connectivity index (χ2n) is 7.23. The summed E-state index contributed by atoms with van der Waals surface area (Å²) < 4.78 is 7.82. The van der Waals surface area contributed by atoms with E-state index in [1.165, 1.54) is 15.4 Å². The first-order valence-corrected chi connectivity index (χ1v) is 11.4. The Morgan fingerprint density at radius 3 is 2.39 bits per heavy atom. The van der Waals surface area contributed by atoms with Crippen molar-refractivity contribution in [2.75, 3.05) is 0 Å². The number of carbonyl (C=O) groups is 1. The molecule has 1 saturated heterocycles. The molecule has 0 N–H and O–H groups in total. The van der Waals surface area contributed by atoms with E-state index in [-0.39, 0.29) is 22.9 Å². The number of fused-ring (bicyclic) bond motifs is 1. The van der Waals surface area contributed by atoms with Crippen LogP contribution in [0.25, 0.3) is 11.7 Å². The van der Waals surface area contributed by atoms with Crippen molar-refractivity contribution in [1.82, 2.24) is 14.3 Å². The van der Waals surface area contributed by atoms with Crippen LogP contribution in [0.2, 0.25) is 0 Å². The van der Waals surface area contributed by atoms with Crippen LogP contribution < -0.4 is 10.3 Å². The third kappa shape index (κ3) is 4.30. The molecule has 8 heteroatoms. The molecule has 1 amide bonds. The second-order valence-corrected chi connectivity index (χ2v) is 8.91. The molecule has 162 valence electrons. The maximum Gasteiger partial charge on any atom is 0.269 e. The molecule has 6 nitrogen and oxygen atoms in total. The predicted octanol–water partition coefficient (Wildman–Crippen LogP) is 4.89. The molecule has 3 heterocycles. The minimum Gasteiger partial charge on any atom is -0.438 e. The Kier molecular flexibility index (Phi) is 5.77. The zero-order valence-corrected chi connectivity index (χ0v) is 18.9.